The van der Waals surface area contributed by atoms with Crippen molar-refractivity contribution in [2.24, 2.45) is 23.2 Å². The summed E-state index contributed by atoms with van der Waals surface area (Å²) in [5.74, 6) is 2.25. The average molecular weight is 362 g/mol. The summed E-state index contributed by atoms with van der Waals surface area (Å²) in [5, 5.41) is 0. The minimum absolute atomic E-state index is 0.229. The highest BCUT2D eigenvalue weighted by molar-refractivity contribution is 5.87. The number of hydrogen-bond acceptors (Lipinski definition) is 3. The lowest BCUT2D eigenvalue weighted by Gasteiger charge is -2.43. The van der Waals surface area contributed by atoms with Crippen LogP contribution in [0.1, 0.15) is 51.9 Å². The molecule has 26 heavy (non-hydrogen) atoms. The number of likely N-dealkylation sites (tertiary alicyclic amines) is 3. The molecule has 0 bridgehead atoms. The van der Waals surface area contributed by atoms with Crippen molar-refractivity contribution in [3.63, 3.8) is 0 Å². The van der Waals surface area contributed by atoms with Gasteiger partial charge in [-0.2, -0.15) is 0 Å². The van der Waals surface area contributed by atoms with Crippen LogP contribution in [0.4, 0.5) is 0 Å². The third-order valence-corrected chi connectivity index (χ3v) is 7.53. The number of hydrogen-bond donors (Lipinski definition) is 0. The van der Waals surface area contributed by atoms with Crippen molar-refractivity contribution in [2.75, 3.05) is 46.3 Å². The molecule has 5 heteroatoms. The number of piperidine rings is 2. The Bertz CT molecular complexity index is 551. The van der Waals surface area contributed by atoms with Gasteiger partial charge in [0.2, 0.25) is 11.8 Å². The van der Waals surface area contributed by atoms with E-state index in [-0.39, 0.29) is 11.3 Å². The number of carbonyl (C=O) groups excluding carboxylic acids is 2. The van der Waals surface area contributed by atoms with Crippen LogP contribution in [0.5, 0.6) is 0 Å². The van der Waals surface area contributed by atoms with Crippen LogP contribution in [0.2, 0.25) is 0 Å². The van der Waals surface area contributed by atoms with Crippen LogP contribution in [0.15, 0.2) is 0 Å². The Balaban J connectivity index is 1.36. The Labute approximate surface area is 158 Å². The summed E-state index contributed by atoms with van der Waals surface area (Å²) in [4.78, 5) is 32.6. The van der Waals surface area contributed by atoms with Crippen molar-refractivity contribution >= 4 is 11.8 Å². The van der Waals surface area contributed by atoms with Gasteiger partial charge in [-0.3, -0.25) is 9.59 Å². The molecule has 1 aliphatic carbocycles. The van der Waals surface area contributed by atoms with E-state index in [0.717, 1.165) is 64.8 Å². The topological polar surface area (TPSA) is 43.9 Å². The second kappa shape index (κ2) is 7.14. The zero-order valence-corrected chi connectivity index (χ0v) is 16.6. The van der Waals surface area contributed by atoms with Crippen LogP contribution in [-0.2, 0) is 9.59 Å². The molecule has 0 N–H and O–H groups in total. The fourth-order valence-corrected chi connectivity index (χ4v) is 5.68. The second-order valence-corrected chi connectivity index (χ2v) is 9.66. The highest BCUT2D eigenvalue weighted by Crippen LogP contribution is 2.42. The Morgan fingerprint density at radius 1 is 1.12 bits per heavy atom. The van der Waals surface area contributed by atoms with Gasteiger partial charge < -0.3 is 14.7 Å². The molecule has 3 aliphatic heterocycles. The molecule has 2 amide bonds. The van der Waals surface area contributed by atoms with E-state index in [1.807, 2.05) is 4.90 Å². The van der Waals surface area contributed by atoms with Gasteiger partial charge in [-0.1, -0.05) is 6.92 Å². The molecular weight excluding hydrogens is 326 g/mol. The first-order valence-corrected chi connectivity index (χ1v) is 10.7. The highest BCUT2D eigenvalue weighted by Gasteiger charge is 2.50. The van der Waals surface area contributed by atoms with Gasteiger partial charge in [0.25, 0.3) is 0 Å². The Kier molecular flexibility index (Phi) is 5.02. The molecule has 4 aliphatic rings. The minimum atomic E-state index is -0.269. The van der Waals surface area contributed by atoms with Gasteiger partial charge in [0, 0.05) is 32.1 Å². The molecule has 3 saturated heterocycles. The predicted molar refractivity (Wildman–Crippen MR) is 102 cm³/mol. The normalized spacial score (nSPS) is 36.6. The number of carbonyl (C=O) groups is 2. The van der Waals surface area contributed by atoms with E-state index in [1.54, 1.807) is 0 Å². The Hall–Kier alpha value is -1.10. The monoisotopic (exact) mass is 361 g/mol. The Morgan fingerprint density at radius 3 is 2.54 bits per heavy atom. The fraction of sp³-hybridized carbons (Fsp3) is 0.905. The molecule has 4 rings (SSSR count). The van der Waals surface area contributed by atoms with E-state index in [4.69, 9.17) is 0 Å². The van der Waals surface area contributed by atoms with Crippen molar-refractivity contribution in [3.8, 4) is 0 Å². The first kappa shape index (κ1) is 18.3. The molecular formula is C21H35N3O2. The van der Waals surface area contributed by atoms with E-state index in [2.05, 4.69) is 23.8 Å². The van der Waals surface area contributed by atoms with Gasteiger partial charge in [-0.25, -0.2) is 0 Å². The van der Waals surface area contributed by atoms with Crippen LogP contribution in [-0.4, -0.2) is 72.8 Å². The molecule has 4 fully saturated rings. The summed E-state index contributed by atoms with van der Waals surface area (Å²) >= 11 is 0. The maximum atomic E-state index is 13.3. The van der Waals surface area contributed by atoms with Crippen molar-refractivity contribution in [1.29, 1.82) is 0 Å². The summed E-state index contributed by atoms with van der Waals surface area (Å²) in [5.41, 5.74) is -0.269. The zero-order chi connectivity index (χ0) is 18.3. The van der Waals surface area contributed by atoms with Crippen molar-refractivity contribution < 1.29 is 9.59 Å². The van der Waals surface area contributed by atoms with Gasteiger partial charge >= 0.3 is 0 Å². The van der Waals surface area contributed by atoms with E-state index in [0.29, 0.717) is 30.2 Å². The molecule has 1 atom stereocenters. The largest absolute Gasteiger partial charge is 0.342 e. The van der Waals surface area contributed by atoms with E-state index in [9.17, 15) is 9.59 Å². The van der Waals surface area contributed by atoms with Gasteiger partial charge in [0.15, 0.2) is 0 Å². The first-order chi connectivity index (χ1) is 12.5. The maximum absolute atomic E-state index is 13.3. The third kappa shape index (κ3) is 3.39. The lowest BCUT2D eigenvalue weighted by Crippen LogP contribution is -2.52. The van der Waals surface area contributed by atoms with Crippen molar-refractivity contribution in [1.82, 2.24) is 14.7 Å². The second-order valence-electron chi connectivity index (χ2n) is 9.66. The Morgan fingerprint density at radius 2 is 1.85 bits per heavy atom. The van der Waals surface area contributed by atoms with Crippen LogP contribution in [0.3, 0.4) is 0 Å². The SMILES string of the molecule is CC1CC(C(=O)N2CCCC3(CCN(CC4CCN(C)CC4)C3=O)C2)C1. The summed E-state index contributed by atoms with van der Waals surface area (Å²) in [7, 11) is 2.18. The molecule has 5 nitrogen and oxygen atoms in total. The molecule has 1 unspecified atom stereocenters. The van der Waals surface area contributed by atoms with Crippen LogP contribution in [0, 0.1) is 23.2 Å². The fourth-order valence-electron chi connectivity index (χ4n) is 5.68. The molecule has 1 saturated carbocycles. The van der Waals surface area contributed by atoms with Crippen LogP contribution < -0.4 is 0 Å². The first-order valence-electron chi connectivity index (χ1n) is 10.7. The van der Waals surface area contributed by atoms with E-state index in [1.165, 1.54) is 12.8 Å². The van der Waals surface area contributed by atoms with Gasteiger partial charge in [0.1, 0.15) is 0 Å². The van der Waals surface area contributed by atoms with Crippen molar-refractivity contribution in [3.05, 3.63) is 0 Å². The van der Waals surface area contributed by atoms with Crippen LogP contribution >= 0.6 is 0 Å². The van der Waals surface area contributed by atoms with Gasteiger partial charge in [0.05, 0.1) is 5.41 Å². The van der Waals surface area contributed by atoms with E-state index < -0.39 is 0 Å². The zero-order valence-electron chi connectivity index (χ0n) is 16.6. The highest BCUT2D eigenvalue weighted by atomic mass is 16.2. The quantitative estimate of drug-likeness (QED) is 0.774. The molecule has 0 radical (unpaired) electrons. The van der Waals surface area contributed by atoms with Crippen LogP contribution in [0.25, 0.3) is 0 Å². The summed E-state index contributed by atoms with van der Waals surface area (Å²) in [6.45, 7) is 7.89. The average Bonchev–Trinajstić information content (AvgIpc) is 2.90. The summed E-state index contributed by atoms with van der Waals surface area (Å²) < 4.78 is 0. The summed E-state index contributed by atoms with van der Waals surface area (Å²) in [6, 6.07) is 0. The smallest absolute Gasteiger partial charge is 0.230 e. The lowest BCUT2D eigenvalue weighted by atomic mass is 9.73. The molecule has 1 spiro atoms. The molecule has 146 valence electrons. The standard InChI is InChI=1S/C21H35N3O2/c1-16-12-18(13-16)19(25)24-8-3-6-21(15-24)7-11-23(20(21)26)14-17-4-9-22(2)10-5-17/h16-18H,3-15H2,1-2H3. The number of amides is 2. The number of rotatable bonds is 3. The van der Waals surface area contributed by atoms with Crippen molar-refractivity contribution in [2.45, 2.75) is 51.9 Å². The number of nitrogens with zero attached hydrogens (tertiary/aromatic N) is 3. The van der Waals surface area contributed by atoms with E-state index >= 15 is 0 Å². The van der Waals surface area contributed by atoms with Gasteiger partial charge in [-0.15, -0.1) is 0 Å². The molecule has 0 aromatic heterocycles. The molecule has 0 aromatic rings. The molecule has 3 heterocycles. The maximum Gasteiger partial charge on any atom is 0.230 e. The van der Waals surface area contributed by atoms with Gasteiger partial charge in [-0.05, 0) is 76.9 Å². The summed E-state index contributed by atoms with van der Waals surface area (Å²) in [6.07, 6.45) is 7.40. The third-order valence-electron chi connectivity index (χ3n) is 7.53. The molecule has 0 aromatic carbocycles. The predicted octanol–water partition coefficient (Wildman–Crippen LogP) is 2.22. The lowest BCUT2D eigenvalue weighted by molar-refractivity contribution is -0.148. The minimum Gasteiger partial charge on any atom is -0.342 e.